The maximum absolute atomic E-state index is 12.7. The van der Waals surface area contributed by atoms with Gasteiger partial charge in [-0.15, -0.1) is 0 Å². The third-order valence-corrected chi connectivity index (χ3v) is 4.64. The van der Waals surface area contributed by atoms with Crippen LogP contribution >= 0.6 is 11.6 Å². The Bertz CT molecular complexity index is 987. The number of ether oxygens (including phenoxy) is 1. The first-order valence-corrected chi connectivity index (χ1v) is 9.29. The van der Waals surface area contributed by atoms with Crippen molar-refractivity contribution in [2.75, 3.05) is 7.05 Å². The summed E-state index contributed by atoms with van der Waals surface area (Å²) in [6, 6.07) is 13.1. The molecule has 0 aliphatic carbocycles. The van der Waals surface area contributed by atoms with Gasteiger partial charge in [-0.05, 0) is 44.5 Å². The van der Waals surface area contributed by atoms with Crippen LogP contribution in [0, 0.1) is 13.8 Å². The zero-order valence-electron chi connectivity index (χ0n) is 16.3. The highest BCUT2D eigenvalue weighted by molar-refractivity contribution is 6.33. The van der Waals surface area contributed by atoms with Crippen molar-refractivity contribution >= 4 is 17.5 Å². The molecule has 3 rings (SSSR count). The molecule has 1 aromatic heterocycles. The molecule has 0 bridgehead atoms. The minimum Gasteiger partial charge on any atom is -0.481 e. The number of carbonyl (C=O) groups is 1. The first-order chi connectivity index (χ1) is 13.3. The third kappa shape index (κ3) is 4.51. The Hall–Kier alpha value is -2.86. The number of rotatable bonds is 6. The largest absolute Gasteiger partial charge is 0.481 e. The molecule has 1 heterocycles. The molecule has 3 aromatic rings. The minimum absolute atomic E-state index is 0.177. The molecule has 146 valence electrons. The Morgan fingerprint density at radius 2 is 2.00 bits per heavy atom. The van der Waals surface area contributed by atoms with Crippen molar-refractivity contribution in [1.29, 1.82) is 0 Å². The number of carbonyl (C=O) groups excluding carboxylic acids is 1. The third-order valence-electron chi connectivity index (χ3n) is 4.31. The van der Waals surface area contributed by atoms with Crippen molar-refractivity contribution < 1.29 is 14.1 Å². The minimum atomic E-state index is -0.641. The molecule has 0 saturated heterocycles. The quantitative estimate of drug-likeness (QED) is 0.613. The van der Waals surface area contributed by atoms with Crippen LogP contribution in [0.3, 0.4) is 0 Å². The van der Waals surface area contributed by atoms with Crippen LogP contribution in [0.15, 0.2) is 47.0 Å². The van der Waals surface area contributed by atoms with Gasteiger partial charge in [0.1, 0.15) is 5.75 Å². The van der Waals surface area contributed by atoms with Crippen molar-refractivity contribution in [2.24, 2.45) is 0 Å². The molecule has 0 N–H and O–H groups in total. The second kappa shape index (κ2) is 8.44. The lowest BCUT2D eigenvalue weighted by Crippen LogP contribution is -2.37. The van der Waals surface area contributed by atoms with E-state index in [1.54, 1.807) is 20.0 Å². The monoisotopic (exact) mass is 399 g/mol. The molecule has 7 heteroatoms. The van der Waals surface area contributed by atoms with Crippen molar-refractivity contribution in [2.45, 2.75) is 33.4 Å². The summed E-state index contributed by atoms with van der Waals surface area (Å²) in [4.78, 5) is 18.5. The molecule has 0 aliphatic rings. The van der Waals surface area contributed by atoms with Crippen LogP contribution in [0.25, 0.3) is 11.4 Å². The molecule has 0 saturated carbocycles. The SMILES string of the molecule is Cc1ccc(O[C@@H](C)C(=O)N(C)Cc2nc(-c3ccccc3Cl)no2)c(C)c1. The maximum Gasteiger partial charge on any atom is 0.263 e. The van der Waals surface area contributed by atoms with Crippen LogP contribution in [0.2, 0.25) is 5.02 Å². The fraction of sp³-hybridized carbons (Fsp3) is 0.286. The lowest BCUT2D eigenvalue weighted by molar-refractivity contribution is -0.137. The number of nitrogens with zero attached hydrogens (tertiary/aromatic N) is 3. The molecule has 0 fully saturated rings. The molecular weight excluding hydrogens is 378 g/mol. The first kappa shape index (κ1) is 19.9. The standard InChI is InChI=1S/C21H22ClN3O3/c1-13-9-10-18(14(2)11-13)27-15(3)21(26)25(4)12-19-23-20(24-28-19)16-7-5-6-8-17(16)22/h5-11,15H,12H2,1-4H3/t15-/m0/s1. The van der Waals surface area contributed by atoms with Crippen molar-refractivity contribution in [3.05, 3.63) is 64.5 Å². The summed E-state index contributed by atoms with van der Waals surface area (Å²) in [5.41, 5.74) is 2.81. The van der Waals surface area contributed by atoms with Crippen LogP contribution in [-0.4, -0.2) is 34.1 Å². The van der Waals surface area contributed by atoms with Crippen molar-refractivity contribution in [1.82, 2.24) is 15.0 Å². The Labute approximate surface area is 169 Å². The fourth-order valence-corrected chi connectivity index (χ4v) is 3.05. The van der Waals surface area contributed by atoms with Gasteiger partial charge in [-0.1, -0.05) is 46.6 Å². The number of benzene rings is 2. The average Bonchev–Trinajstić information content (AvgIpc) is 3.11. The molecular formula is C21H22ClN3O3. The van der Waals surface area contributed by atoms with Crippen LogP contribution < -0.4 is 4.74 Å². The summed E-state index contributed by atoms with van der Waals surface area (Å²) in [6.07, 6.45) is -0.641. The topological polar surface area (TPSA) is 68.5 Å². The maximum atomic E-state index is 12.7. The van der Waals surface area contributed by atoms with E-state index in [2.05, 4.69) is 10.1 Å². The molecule has 0 spiro atoms. The Morgan fingerprint density at radius 1 is 1.25 bits per heavy atom. The number of amides is 1. The molecule has 6 nitrogen and oxygen atoms in total. The number of halogens is 1. The number of hydrogen-bond donors (Lipinski definition) is 0. The van der Waals surface area contributed by atoms with E-state index < -0.39 is 6.10 Å². The lowest BCUT2D eigenvalue weighted by atomic mass is 10.1. The summed E-state index contributed by atoms with van der Waals surface area (Å²) < 4.78 is 11.1. The predicted octanol–water partition coefficient (Wildman–Crippen LogP) is 4.43. The first-order valence-electron chi connectivity index (χ1n) is 8.91. The number of hydrogen-bond acceptors (Lipinski definition) is 5. The van der Waals surface area contributed by atoms with E-state index in [-0.39, 0.29) is 12.5 Å². The van der Waals surface area contributed by atoms with E-state index >= 15 is 0 Å². The van der Waals surface area contributed by atoms with Crippen molar-refractivity contribution in [3.63, 3.8) is 0 Å². The molecule has 0 aliphatic heterocycles. The van der Waals surface area contributed by atoms with Crippen LogP contribution in [0.1, 0.15) is 23.9 Å². The molecule has 0 unspecified atom stereocenters. The molecule has 1 amide bonds. The van der Waals surface area contributed by atoms with Gasteiger partial charge in [0.2, 0.25) is 11.7 Å². The van der Waals surface area contributed by atoms with E-state index in [1.165, 1.54) is 4.90 Å². The Morgan fingerprint density at radius 3 is 2.71 bits per heavy atom. The zero-order chi connectivity index (χ0) is 20.3. The van der Waals surface area contributed by atoms with Gasteiger partial charge in [-0.2, -0.15) is 4.98 Å². The molecule has 0 radical (unpaired) electrons. The van der Waals surface area contributed by atoms with Gasteiger partial charge in [0.05, 0.1) is 11.6 Å². The number of likely N-dealkylation sites (N-methyl/N-ethyl adjacent to an activating group) is 1. The summed E-state index contributed by atoms with van der Waals surface area (Å²) >= 11 is 6.16. The van der Waals surface area contributed by atoms with Crippen LogP contribution in [-0.2, 0) is 11.3 Å². The van der Waals surface area contributed by atoms with Gasteiger partial charge in [-0.3, -0.25) is 4.79 Å². The van der Waals surface area contributed by atoms with Gasteiger partial charge < -0.3 is 14.2 Å². The summed E-state index contributed by atoms with van der Waals surface area (Å²) in [5, 5.41) is 4.49. The van der Waals surface area contributed by atoms with E-state index in [0.29, 0.717) is 28.1 Å². The number of aromatic nitrogens is 2. The summed E-state index contributed by atoms with van der Waals surface area (Å²) in [5.74, 6) is 1.22. The highest BCUT2D eigenvalue weighted by Crippen LogP contribution is 2.25. The van der Waals surface area contributed by atoms with E-state index in [1.807, 2.05) is 50.2 Å². The normalized spacial score (nSPS) is 11.9. The molecule has 2 aromatic carbocycles. The average molecular weight is 400 g/mol. The van der Waals surface area contributed by atoms with Gasteiger partial charge in [0, 0.05) is 12.6 Å². The summed E-state index contributed by atoms with van der Waals surface area (Å²) in [6.45, 7) is 5.87. The van der Waals surface area contributed by atoms with Gasteiger partial charge >= 0.3 is 0 Å². The van der Waals surface area contributed by atoms with Crippen LogP contribution in [0.4, 0.5) is 0 Å². The van der Waals surface area contributed by atoms with Gasteiger partial charge in [0.25, 0.3) is 5.91 Å². The van der Waals surface area contributed by atoms with Gasteiger partial charge in [0.15, 0.2) is 6.10 Å². The zero-order valence-corrected chi connectivity index (χ0v) is 17.0. The smallest absolute Gasteiger partial charge is 0.263 e. The lowest BCUT2D eigenvalue weighted by Gasteiger charge is -2.21. The second-order valence-electron chi connectivity index (χ2n) is 6.71. The van der Waals surface area contributed by atoms with Crippen LogP contribution in [0.5, 0.6) is 5.75 Å². The van der Waals surface area contributed by atoms with E-state index in [9.17, 15) is 4.79 Å². The molecule has 28 heavy (non-hydrogen) atoms. The van der Waals surface area contributed by atoms with E-state index in [4.69, 9.17) is 20.9 Å². The highest BCUT2D eigenvalue weighted by Gasteiger charge is 2.22. The predicted molar refractivity (Wildman–Crippen MR) is 107 cm³/mol. The highest BCUT2D eigenvalue weighted by atomic mass is 35.5. The second-order valence-corrected chi connectivity index (χ2v) is 7.12. The van der Waals surface area contributed by atoms with Crippen molar-refractivity contribution in [3.8, 4) is 17.1 Å². The number of aryl methyl sites for hydroxylation is 2. The summed E-state index contributed by atoms with van der Waals surface area (Å²) in [7, 11) is 1.67. The Kier molecular flexibility index (Phi) is 5.99. The molecule has 1 atom stereocenters. The van der Waals surface area contributed by atoms with E-state index in [0.717, 1.165) is 11.1 Å². The fourth-order valence-electron chi connectivity index (χ4n) is 2.83. The van der Waals surface area contributed by atoms with Gasteiger partial charge in [-0.25, -0.2) is 0 Å². The Balaban J connectivity index is 1.65.